The van der Waals surface area contributed by atoms with Crippen molar-refractivity contribution in [3.05, 3.63) is 68.2 Å². The van der Waals surface area contributed by atoms with Crippen LogP contribution in [0.3, 0.4) is 0 Å². The number of aryl methyl sites for hydroxylation is 1. The molecule has 0 spiro atoms. The zero-order chi connectivity index (χ0) is 18.0. The maximum atomic E-state index is 12.2. The topological polar surface area (TPSA) is 108 Å². The predicted octanol–water partition coefficient (Wildman–Crippen LogP) is 1.93. The lowest BCUT2D eigenvalue weighted by Gasteiger charge is -2.11. The number of H-pyrrole nitrogens is 2. The van der Waals surface area contributed by atoms with Crippen molar-refractivity contribution >= 4 is 16.9 Å². The largest absolute Gasteiger partial charge is 0.459 e. The third kappa shape index (κ3) is 3.71. The molecule has 0 saturated heterocycles. The van der Waals surface area contributed by atoms with E-state index in [1.165, 1.54) is 0 Å². The van der Waals surface area contributed by atoms with E-state index in [1.807, 2.05) is 37.3 Å². The first kappa shape index (κ1) is 16.8. The normalized spacial score (nSPS) is 12.2. The zero-order valence-corrected chi connectivity index (χ0v) is 14.0. The zero-order valence-electron chi connectivity index (χ0n) is 14.0. The highest BCUT2D eigenvalue weighted by Gasteiger charge is 2.15. The van der Waals surface area contributed by atoms with Gasteiger partial charge in [0.25, 0.3) is 5.56 Å². The van der Waals surface area contributed by atoms with Crippen molar-refractivity contribution in [2.45, 2.75) is 32.7 Å². The van der Waals surface area contributed by atoms with Gasteiger partial charge in [-0.25, -0.2) is 4.79 Å². The molecular formula is C18H19N3O4. The average Bonchev–Trinajstić information content (AvgIpc) is 2.98. The van der Waals surface area contributed by atoms with E-state index in [-0.39, 0.29) is 24.8 Å². The molecule has 0 aliphatic carbocycles. The van der Waals surface area contributed by atoms with Crippen LogP contribution in [0.15, 0.2) is 44.3 Å². The van der Waals surface area contributed by atoms with Crippen molar-refractivity contribution in [2.24, 2.45) is 0 Å². The van der Waals surface area contributed by atoms with Gasteiger partial charge >= 0.3 is 5.69 Å². The highest BCUT2D eigenvalue weighted by atomic mass is 16.3. The van der Waals surface area contributed by atoms with E-state index >= 15 is 0 Å². The van der Waals surface area contributed by atoms with Crippen LogP contribution in [0.1, 0.15) is 36.4 Å². The Hall–Kier alpha value is -3.09. The average molecular weight is 341 g/mol. The van der Waals surface area contributed by atoms with Crippen LogP contribution in [-0.2, 0) is 11.2 Å². The van der Waals surface area contributed by atoms with E-state index in [0.29, 0.717) is 17.0 Å². The Morgan fingerprint density at radius 3 is 2.72 bits per heavy atom. The summed E-state index contributed by atoms with van der Waals surface area (Å²) in [5, 5.41) is 3.84. The number of furan rings is 1. The molecule has 7 nitrogen and oxygen atoms in total. The van der Waals surface area contributed by atoms with Gasteiger partial charge in [0.05, 0.1) is 6.04 Å². The summed E-state index contributed by atoms with van der Waals surface area (Å²) in [6.45, 7) is 3.48. The monoisotopic (exact) mass is 341 g/mol. The Labute approximate surface area is 143 Å². The van der Waals surface area contributed by atoms with Crippen LogP contribution in [0.2, 0.25) is 0 Å². The summed E-state index contributed by atoms with van der Waals surface area (Å²) in [6, 6.07) is 9.25. The van der Waals surface area contributed by atoms with Crippen LogP contribution >= 0.6 is 0 Å². The third-order valence-corrected chi connectivity index (χ3v) is 4.11. The van der Waals surface area contributed by atoms with Crippen LogP contribution in [-0.4, -0.2) is 15.9 Å². The summed E-state index contributed by atoms with van der Waals surface area (Å²) in [6.07, 6.45) is 0.386. The number of fused-ring (bicyclic) bond motifs is 1. The van der Waals surface area contributed by atoms with E-state index < -0.39 is 11.2 Å². The standard InChI is InChI=1S/C18H19N3O4/c1-10-13(17(23)21-18(24)20-10)7-8-16(22)19-11(2)15-9-12-5-3-4-6-14(12)25-15/h3-6,9,11H,7-8H2,1-2H3,(H,19,22)(H2,20,21,23,24). The number of hydrogen-bond donors (Lipinski definition) is 3. The van der Waals surface area contributed by atoms with Gasteiger partial charge < -0.3 is 14.7 Å². The smallest absolute Gasteiger partial charge is 0.325 e. The third-order valence-electron chi connectivity index (χ3n) is 4.11. The molecule has 0 aliphatic rings. The summed E-state index contributed by atoms with van der Waals surface area (Å²) in [7, 11) is 0. The molecule has 1 amide bonds. The summed E-state index contributed by atoms with van der Waals surface area (Å²) in [5.74, 6) is 0.477. The number of carbonyl (C=O) groups is 1. The van der Waals surface area contributed by atoms with Gasteiger partial charge in [0.15, 0.2) is 0 Å². The maximum absolute atomic E-state index is 12.2. The van der Waals surface area contributed by atoms with Gasteiger partial charge in [-0.3, -0.25) is 14.6 Å². The van der Waals surface area contributed by atoms with Crippen LogP contribution in [0.25, 0.3) is 11.0 Å². The van der Waals surface area contributed by atoms with Crippen LogP contribution in [0, 0.1) is 6.92 Å². The number of aromatic nitrogens is 2. The molecule has 0 aliphatic heterocycles. The Morgan fingerprint density at radius 1 is 1.24 bits per heavy atom. The highest BCUT2D eigenvalue weighted by molar-refractivity contribution is 5.79. The minimum absolute atomic E-state index is 0.139. The molecule has 2 aromatic heterocycles. The van der Waals surface area contributed by atoms with E-state index in [0.717, 1.165) is 11.0 Å². The van der Waals surface area contributed by atoms with Crippen molar-refractivity contribution in [3.63, 3.8) is 0 Å². The molecule has 3 N–H and O–H groups in total. The molecule has 1 atom stereocenters. The van der Waals surface area contributed by atoms with Gasteiger partial charge in [-0.15, -0.1) is 0 Å². The van der Waals surface area contributed by atoms with Gasteiger partial charge in [-0.1, -0.05) is 18.2 Å². The van der Waals surface area contributed by atoms with Gasteiger partial charge in [0.1, 0.15) is 11.3 Å². The molecule has 0 radical (unpaired) electrons. The van der Waals surface area contributed by atoms with Crippen molar-refractivity contribution in [1.29, 1.82) is 0 Å². The Kier molecular flexibility index (Phi) is 4.56. The minimum Gasteiger partial charge on any atom is -0.459 e. The fourth-order valence-electron chi connectivity index (χ4n) is 2.77. The summed E-state index contributed by atoms with van der Waals surface area (Å²) in [4.78, 5) is 39.8. The first-order valence-electron chi connectivity index (χ1n) is 8.04. The number of hydrogen-bond acceptors (Lipinski definition) is 4. The summed E-state index contributed by atoms with van der Waals surface area (Å²) in [5.41, 5.74) is 0.653. The first-order valence-corrected chi connectivity index (χ1v) is 8.04. The molecule has 0 saturated carbocycles. The SMILES string of the molecule is Cc1[nH]c(=O)[nH]c(=O)c1CCC(=O)NC(C)c1cc2ccccc2o1. The van der Waals surface area contributed by atoms with Gasteiger partial charge in [0.2, 0.25) is 5.91 Å². The number of para-hydroxylation sites is 1. The number of rotatable bonds is 5. The van der Waals surface area contributed by atoms with Crippen molar-refractivity contribution < 1.29 is 9.21 Å². The van der Waals surface area contributed by atoms with Gasteiger partial charge in [-0.05, 0) is 32.4 Å². The van der Waals surface area contributed by atoms with Crippen LogP contribution in [0.4, 0.5) is 0 Å². The molecule has 130 valence electrons. The van der Waals surface area contributed by atoms with Crippen LogP contribution in [0.5, 0.6) is 0 Å². The number of aromatic amines is 2. The number of amides is 1. The van der Waals surface area contributed by atoms with Crippen molar-refractivity contribution in [2.75, 3.05) is 0 Å². The molecule has 1 unspecified atom stereocenters. The van der Waals surface area contributed by atoms with E-state index in [2.05, 4.69) is 15.3 Å². The second kappa shape index (κ2) is 6.80. The van der Waals surface area contributed by atoms with Gasteiger partial charge in [-0.2, -0.15) is 0 Å². The maximum Gasteiger partial charge on any atom is 0.325 e. The lowest BCUT2D eigenvalue weighted by atomic mass is 10.1. The van der Waals surface area contributed by atoms with Crippen molar-refractivity contribution in [3.8, 4) is 0 Å². The summed E-state index contributed by atoms with van der Waals surface area (Å²) < 4.78 is 5.74. The van der Waals surface area contributed by atoms with E-state index in [1.54, 1.807) is 6.92 Å². The fourth-order valence-corrected chi connectivity index (χ4v) is 2.77. The first-order chi connectivity index (χ1) is 11.9. The number of nitrogens with one attached hydrogen (secondary N) is 3. The van der Waals surface area contributed by atoms with Gasteiger partial charge in [0, 0.05) is 23.1 Å². The molecule has 2 heterocycles. The fraction of sp³-hybridized carbons (Fsp3) is 0.278. The lowest BCUT2D eigenvalue weighted by Crippen LogP contribution is -2.30. The van der Waals surface area contributed by atoms with E-state index in [9.17, 15) is 14.4 Å². The molecule has 0 fully saturated rings. The minimum atomic E-state index is -0.547. The highest BCUT2D eigenvalue weighted by Crippen LogP contribution is 2.23. The van der Waals surface area contributed by atoms with E-state index in [4.69, 9.17) is 4.42 Å². The Bertz CT molecular complexity index is 995. The van der Waals surface area contributed by atoms with Crippen LogP contribution < -0.4 is 16.6 Å². The lowest BCUT2D eigenvalue weighted by molar-refractivity contribution is -0.121. The molecule has 3 rings (SSSR count). The predicted molar refractivity (Wildman–Crippen MR) is 93.5 cm³/mol. The molecular weight excluding hydrogens is 322 g/mol. The quantitative estimate of drug-likeness (QED) is 0.659. The second-order valence-corrected chi connectivity index (χ2v) is 5.99. The Balaban J connectivity index is 1.64. The molecule has 7 heteroatoms. The molecule has 1 aromatic carbocycles. The van der Waals surface area contributed by atoms with Crippen molar-refractivity contribution in [1.82, 2.24) is 15.3 Å². The second-order valence-electron chi connectivity index (χ2n) is 5.99. The number of carbonyl (C=O) groups excluding carboxylic acids is 1. The number of benzene rings is 1. The summed E-state index contributed by atoms with van der Waals surface area (Å²) >= 11 is 0. The molecule has 0 bridgehead atoms. The Morgan fingerprint density at radius 2 is 2.00 bits per heavy atom. The molecule has 25 heavy (non-hydrogen) atoms. The molecule has 3 aromatic rings.